The molecule has 120 valence electrons. The summed E-state index contributed by atoms with van der Waals surface area (Å²) in [4.78, 5) is 22.9. The largest absolute Gasteiger partial charge is 0.480 e. The number of rotatable bonds is 9. The number of aliphatic carboxylic acids is 1. The smallest absolute Gasteiger partial charge is 0.320 e. The van der Waals surface area contributed by atoms with E-state index in [0.29, 0.717) is 13.0 Å². The summed E-state index contributed by atoms with van der Waals surface area (Å²) >= 11 is 0. The molecule has 1 saturated carbocycles. The Hall–Kier alpha value is -1.88. The van der Waals surface area contributed by atoms with Crippen LogP contribution in [-0.2, 0) is 15.0 Å². The van der Waals surface area contributed by atoms with Crippen LogP contribution in [0.4, 0.5) is 0 Å². The summed E-state index contributed by atoms with van der Waals surface area (Å²) in [6, 6.07) is 9.56. The molecule has 0 heterocycles. The molecule has 1 aromatic rings. The van der Waals surface area contributed by atoms with Crippen molar-refractivity contribution in [1.29, 1.82) is 0 Å². The second kappa shape index (κ2) is 7.40. The minimum Gasteiger partial charge on any atom is -0.480 e. The van der Waals surface area contributed by atoms with Gasteiger partial charge in [0.25, 0.3) is 0 Å². The van der Waals surface area contributed by atoms with Gasteiger partial charge in [0.1, 0.15) is 6.04 Å². The first-order valence-electron chi connectivity index (χ1n) is 7.86. The number of carbonyl (C=O) groups is 2. The highest BCUT2D eigenvalue weighted by Crippen LogP contribution is 2.47. The van der Waals surface area contributed by atoms with E-state index >= 15 is 0 Å². The summed E-state index contributed by atoms with van der Waals surface area (Å²) in [6.45, 7) is 2.58. The van der Waals surface area contributed by atoms with Gasteiger partial charge in [-0.3, -0.25) is 14.9 Å². The molecule has 1 atom stereocenters. The van der Waals surface area contributed by atoms with Gasteiger partial charge in [-0.05, 0) is 24.8 Å². The molecule has 2 rings (SSSR count). The van der Waals surface area contributed by atoms with Crippen molar-refractivity contribution in [2.45, 2.75) is 44.1 Å². The number of benzene rings is 1. The van der Waals surface area contributed by atoms with E-state index in [4.69, 9.17) is 5.11 Å². The van der Waals surface area contributed by atoms with Crippen LogP contribution in [0.1, 0.15) is 38.2 Å². The fourth-order valence-corrected chi connectivity index (χ4v) is 2.66. The van der Waals surface area contributed by atoms with Gasteiger partial charge in [0.2, 0.25) is 5.91 Å². The van der Waals surface area contributed by atoms with Crippen molar-refractivity contribution in [3.8, 4) is 0 Å². The predicted octanol–water partition coefficient (Wildman–Crippen LogP) is 1.68. The van der Waals surface area contributed by atoms with Gasteiger partial charge in [0.05, 0.1) is 6.54 Å². The van der Waals surface area contributed by atoms with Crippen LogP contribution in [0, 0.1) is 0 Å². The molecule has 1 aliphatic rings. The Balaban J connectivity index is 1.77. The highest BCUT2D eigenvalue weighted by molar-refractivity contribution is 5.80. The third-order valence-corrected chi connectivity index (χ3v) is 4.25. The second-order valence-electron chi connectivity index (χ2n) is 5.98. The normalized spacial score (nSPS) is 16.8. The first-order chi connectivity index (χ1) is 10.6. The van der Waals surface area contributed by atoms with Crippen LogP contribution in [-0.4, -0.2) is 36.1 Å². The van der Waals surface area contributed by atoms with Crippen molar-refractivity contribution in [3.63, 3.8) is 0 Å². The molecule has 1 aliphatic carbocycles. The lowest BCUT2D eigenvalue weighted by Crippen LogP contribution is -2.44. The molecule has 5 nitrogen and oxygen atoms in total. The van der Waals surface area contributed by atoms with Crippen LogP contribution < -0.4 is 10.6 Å². The summed E-state index contributed by atoms with van der Waals surface area (Å²) in [5.41, 5.74) is 1.34. The fraction of sp³-hybridized carbons (Fsp3) is 0.529. The number of hydrogen-bond acceptors (Lipinski definition) is 3. The Bertz CT molecular complexity index is 512. The number of carboxylic acids is 1. The maximum absolute atomic E-state index is 11.9. The zero-order valence-electron chi connectivity index (χ0n) is 13.0. The predicted molar refractivity (Wildman–Crippen MR) is 84.7 cm³/mol. The molecule has 0 aromatic heterocycles. The minimum atomic E-state index is -0.905. The van der Waals surface area contributed by atoms with E-state index in [0.717, 1.165) is 19.3 Å². The summed E-state index contributed by atoms with van der Waals surface area (Å²) in [6.07, 6.45) is 3.45. The lowest BCUT2D eigenvalue weighted by Gasteiger charge is -2.18. The fourth-order valence-electron chi connectivity index (χ4n) is 2.66. The van der Waals surface area contributed by atoms with Gasteiger partial charge in [-0.2, -0.15) is 0 Å². The zero-order valence-corrected chi connectivity index (χ0v) is 13.0. The van der Waals surface area contributed by atoms with Gasteiger partial charge in [0, 0.05) is 12.0 Å². The Morgan fingerprint density at radius 3 is 2.50 bits per heavy atom. The molecule has 1 fully saturated rings. The van der Waals surface area contributed by atoms with E-state index < -0.39 is 12.0 Å². The molecule has 0 saturated heterocycles. The van der Waals surface area contributed by atoms with Crippen LogP contribution >= 0.6 is 0 Å². The maximum Gasteiger partial charge on any atom is 0.320 e. The SMILES string of the molecule is CCCC(NCC(=O)NCC1(c2ccccc2)CC1)C(=O)O. The summed E-state index contributed by atoms with van der Waals surface area (Å²) in [5, 5.41) is 14.8. The third kappa shape index (κ3) is 4.31. The molecule has 1 amide bonds. The average Bonchev–Trinajstić information content (AvgIpc) is 3.31. The van der Waals surface area contributed by atoms with Crippen molar-refractivity contribution in [2.75, 3.05) is 13.1 Å². The van der Waals surface area contributed by atoms with Crippen LogP contribution in [0.3, 0.4) is 0 Å². The molecule has 22 heavy (non-hydrogen) atoms. The first-order valence-corrected chi connectivity index (χ1v) is 7.86. The van der Waals surface area contributed by atoms with Crippen molar-refractivity contribution in [1.82, 2.24) is 10.6 Å². The monoisotopic (exact) mass is 304 g/mol. The molecule has 1 aromatic carbocycles. The Labute approximate surface area is 131 Å². The number of amides is 1. The van der Waals surface area contributed by atoms with E-state index in [2.05, 4.69) is 22.8 Å². The lowest BCUT2D eigenvalue weighted by atomic mass is 9.96. The second-order valence-corrected chi connectivity index (χ2v) is 5.98. The van der Waals surface area contributed by atoms with Gasteiger partial charge < -0.3 is 10.4 Å². The van der Waals surface area contributed by atoms with Gasteiger partial charge in [-0.1, -0.05) is 43.7 Å². The van der Waals surface area contributed by atoms with E-state index in [1.807, 2.05) is 25.1 Å². The number of carbonyl (C=O) groups excluding carboxylic acids is 1. The maximum atomic E-state index is 11.9. The molecule has 5 heteroatoms. The highest BCUT2D eigenvalue weighted by Gasteiger charge is 2.44. The number of hydrogen-bond donors (Lipinski definition) is 3. The van der Waals surface area contributed by atoms with Crippen LogP contribution in [0.5, 0.6) is 0 Å². The quantitative estimate of drug-likeness (QED) is 0.648. The molecular formula is C17H24N2O3. The molecule has 1 unspecified atom stereocenters. The number of carboxylic acid groups (broad SMARTS) is 1. The highest BCUT2D eigenvalue weighted by atomic mass is 16.4. The molecule has 0 radical (unpaired) electrons. The summed E-state index contributed by atoms with van der Waals surface area (Å²) in [5.74, 6) is -1.05. The van der Waals surface area contributed by atoms with Crippen molar-refractivity contribution >= 4 is 11.9 Å². The first kappa shape index (κ1) is 16.5. The molecule has 0 aliphatic heterocycles. The minimum absolute atomic E-state index is 0.0435. The average molecular weight is 304 g/mol. The standard InChI is InChI=1S/C17H24N2O3/c1-2-6-14(16(21)22)18-11-15(20)19-12-17(9-10-17)13-7-4-3-5-8-13/h3-5,7-8,14,18H,2,6,9-12H2,1H3,(H,19,20)(H,21,22). The summed E-state index contributed by atoms with van der Waals surface area (Å²) in [7, 11) is 0. The Kier molecular flexibility index (Phi) is 5.55. The van der Waals surface area contributed by atoms with E-state index in [1.54, 1.807) is 0 Å². The van der Waals surface area contributed by atoms with Crippen molar-refractivity contribution in [2.24, 2.45) is 0 Å². The van der Waals surface area contributed by atoms with E-state index in [-0.39, 0.29) is 17.9 Å². The van der Waals surface area contributed by atoms with Crippen LogP contribution in [0.15, 0.2) is 30.3 Å². The third-order valence-electron chi connectivity index (χ3n) is 4.25. The van der Waals surface area contributed by atoms with Gasteiger partial charge in [-0.15, -0.1) is 0 Å². The molecule has 0 spiro atoms. The van der Waals surface area contributed by atoms with Gasteiger partial charge >= 0.3 is 5.97 Å². The lowest BCUT2D eigenvalue weighted by molar-refractivity contribution is -0.139. The van der Waals surface area contributed by atoms with Crippen molar-refractivity contribution in [3.05, 3.63) is 35.9 Å². The topological polar surface area (TPSA) is 78.4 Å². The Morgan fingerprint density at radius 2 is 1.95 bits per heavy atom. The molecule has 0 bridgehead atoms. The summed E-state index contributed by atoms with van der Waals surface area (Å²) < 4.78 is 0. The molecule has 3 N–H and O–H groups in total. The Morgan fingerprint density at radius 1 is 1.27 bits per heavy atom. The van der Waals surface area contributed by atoms with Crippen LogP contribution in [0.2, 0.25) is 0 Å². The van der Waals surface area contributed by atoms with Gasteiger partial charge in [-0.25, -0.2) is 0 Å². The molecular weight excluding hydrogens is 280 g/mol. The number of nitrogens with one attached hydrogen (secondary N) is 2. The zero-order chi connectivity index (χ0) is 16.0. The van der Waals surface area contributed by atoms with E-state index in [9.17, 15) is 9.59 Å². The van der Waals surface area contributed by atoms with Crippen LogP contribution in [0.25, 0.3) is 0 Å². The van der Waals surface area contributed by atoms with E-state index in [1.165, 1.54) is 5.56 Å². The van der Waals surface area contributed by atoms with Crippen molar-refractivity contribution < 1.29 is 14.7 Å². The van der Waals surface area contributed by atoms with Gasteiger partial charge in [0.15, 0.2) is 0 Å².